The Hall–Kier alpha value is -1.35. The summed E-state index contributed by atoms with van der Waals surface area (Å²) in [5, 5.41) is 0. The molecule has 3 heteroatoms. The zero-order chi connectivity index (χ0) is 12.3. The van der Waals surface area contributed by atoms with E-state index in [9.17, 15) is 4.79 Å². The first-order valence-electron chi connectivity index (χ1n) is 6.31. The predicted molar refractivity (Wildman–Crippen MR) is 70.2 cm³/mol. The van der Waals surface area contributed by atoms with Gasteiger partial charge in [0.05, 0.1) is 0 Å². The summed E-state index contributed by atoms with van der Waals surface area (Å²) in [6.07, 6.45) is 5.27. The van der Waals surface area contributed by atoms with Crippen LogP contribution < -0.4 is 10.6 Å². The Kier molecular flexibility index (Phi) is 3.79. The van der Waals surface area contributed by atoms with Crippen molar-refractivity contribution in [2.24, 2.45) is 5.73 Å². The molecule has 1 aliphatic rings. The number of amides is 1. The summed E-state index contributed by atoms with van der Waals surface area (Å²) in [5.74, 6) is 0.0864. The third-order valence-corrected chi connectivity index (χ3v) is 3.45. The molecule has 1 aromatic carbocycles. The van der Waals surface area contributed by atoms with Gasteiger partial charge in [0.1, 0.15) is 0 Å². The fourth-order valence-electron chi connectivity index (χ4n) is 2.36. The van der Waals surface area contributed by atoms with Crippen molar-refractivity contribution in [2.75, 3.05) is 18.5 Å². The van der Waals surface area contributed by atoms with Crippen LogP contribution in [0.3, 0.4) is 0 Å². The highest BCUT2D eigenvalue weighted by atomic mass is 16.2. The van der Waals surface area contributed by atoms with Crippen molar-refractivity contribution < 1.29 is 4.79 Å². The lowest BCUT2D eigenvalue weighted by Gasteiger charge is -2.21. The Morgan fingerprint density at radius 3 is 2.71 bits per heavy atom. The molecule has 0 fully saturated rings. The molecule has 92 valence electrons. The second kappa shape index (κ2) is 5.32. The smallest absolute Gasteiger partial charge is 0.227 e. The third kappa shape index (κ3) is 2.67. The molecule has 0 saturated heterocycles. The molecule has 0 heterocycles. The molecule has 2 N–H and O–H groups in total. The first kappa shape index (κ1) is 12.1. The van der Waals surface area contributed by atoms with Gasteiger partial charge in [0.2, 0.25) is 5.91 Å². The number of nitrogens with zero attached hydrogens (tertiary/aromatic N) is 1. The van der Waals surface area contributed by atoms with E-state index in [2.05, 4.69) is 12.1 Å². The Morgan fingerprint density at radius 2 is 2.00 bits per heavy atom. The molecule has 2 rings (SSSR count). The Morgan fingerprint density at radius 1 is 1.29 bits per heavy atom. The molecule has 0 aromatic heterocycles. The molecule has 17 heavy (non-hydrogen) atoms. The SMILES string of the molecule is CN(C(=O)CCN)c1ccc2c(c1)CCCC2. The minimum absolute atomic E-state index is 0.0864. The van der Waals surface area contributed by atoms with Crippen molar-refractivity contribution >= 4 is 11.6 Å². The van der Waals surface area contributed by atoms with Crippen LogP contribution in [0.4, 0.5) is 5.69 Å². The van der Waals surface area contributed by atoms with E-state index in [0.717, 1.165) is 12.1 Å². The van der Waals surface area contributed by atoms with Gasteiger partial charge < -0.3 is 10.6 Å². The number of anilines is 1. The molecule has 0 atom stereocenters. The van der Waals surface area contributed by atoms with Gasteiger partial charge in [-0.05, 0) is 48.9 Å². The lowest BCUT2D eigenvalue weighted by molar-refractivity contribution is -0.118. The maximum absolute atomic E-state index is 11.8. The van der Waals surface area contributed by atoms with Crippen LogP contribution in [0.2, 0.25) is 0 Å². The summed E-state index contributed by atoms with van der Waals surface area (Å²) in [4.78, 5) is 13.5. The lowest BCUT2D eigenvalue weighted by Crippen LogP contribution is -2.28. The van der Waals surface area contributed by atoms with E-state index in [1.807, 2.05) is 13.1 Å². The van der Waals surface area contributed by atoms with Crippen LogP contribution in [-0.2, 0) is 17.6 Å². The van der Waals surface area contributed by atoms with E-state index in [1.54, 1.807) is 4.90 Å². The molecule has 0 bridgehead atoms. The Balaban J connectivity index is 2.18. The minimum atomic E-state index is 0.0864. The van der Waals surface area contributed by atoms with Gasteiger partial charge in [-0.1, -0.05) is 6.07 Å². The summed E-state index contributed by atoms with van der Waals surface area (Å²) in [6, 6.07) is 6.36. The van der Waals surface area contributed by atoms with Crippen molar-refractivity contribution in [3.05, 3.63) is 29.3 Å². The highest BCUT2D eigenvalue weighted by Crippen LogP contribution is 2.25. The number of hydrogen-bond acceptors (Lipinski definition) is 2. The number of carbonyl (C=O) groups excluding carboxylic acids is 1. The third-order valence-electron chi connectivity index (χ3n) is 3.45. The maximum atomic E-state index is 11.8. The van der Waals surface area contributed by atoms with Crippen molar-refractivity contribution in [3.63, 3.8) is 0 Å². The summed E-state index contributed by atoms with van der Waals surface area (Å²) in [5.41, 5.74) is 9.25. The van der Waals surface area contributed by atoms with E-state index in [1.165, 1.54) is 30.4 Å². The number of aryl methyl sites for hydroxylation is 2. The van der Waals surface area contributed by atoms with Crippen LogP contribution in [0.5, 0.6) is 0 Å². The van der Waals surface area contributed by atoms with Crippen molar-refractivity contribution in [1.29, 1.82) is 0 Å². The number of hydrogen-bond donors (Lipinski definition) is 1. The fourth-order valence-corrected chi connectivity index (χ4v) is 2.36. The van der Waals surface area contributed by atoms with Crippen LogP contribution in [0.25, 0.3) is 0 Å². The van der Waals surface area contributed by atoms with Gasteiger partial charge in [0.25, 0.3) is 0 Å². The Bertz CT molecular complexity index is 415. The molecule has 1 aromatic rings. The van der Waals surface area contributed by atoms with Crippen LogP contribution >= 0.6 is 0 Å². The average Bonchev–Trinajstić information content (AvgIpc) is 2.37. The summed E-state index contributed by atoms with van der Waals surface area (Å²) in [6.45, 7) is 0.411. The lowest BCUT2D eigenvalue weighted by atomic mass is 9.91. The van der Waals surface area contributed by atoms with E-state index in [0.29, 0.717) is 13.0 Å². The van der Waals surface area contributed by atoms with Crippen LogP contribution in [0, 0.1) is 0 Å². The second-order valence-electron chi connectivity index (χ2n) is 4.65. The van der Waals surface area contributed by atoms with Gasteiger partial charge in [-0.2, -0.15) is 0 Å². The summed E-state index contributed by atoms with van der Waals surface area (Å²) < 4.78 is 0. The molecule has 0 aliphatic heterocycles. The molecular formula is C14H20N2O. The maximum Gasteiger partial charge on any atom is 0.227 e. The zero-order valence-electron chi connectivity index (χ0n) is 10.4. The van der Waals surface area contributed by atoms with Gasteiger partial charge in [0.15, 0.2) is 0 Å². The van der Waals surface area contributed by atoms with E-state index < -0.39 is 0 Å². The van der Waals surface area contributed by atoms with Crippen molar-refractivity contribution in [3.8, 4) is 0 Å². The van der Waals surface area contributed by atoms with Crippen LogP contribution in [0.15, 0.2) is 18.2 Å². The van der Waals surface area contributed by atoms with Crippen molar-refractivity contribution in [2.45, 2.75) is 32.1 Å². The predicted octanol–water partition coefficient (Wildman–Crippen LogP) is 1.88. The van der Waals surface area contributed by atoms with E-state index >= 15 is 0 Å². The number of benzene rings is 1. The summed E-state index contributed by atoms with van der Waals surface area (Å²) >= 11 is 0. The molecule has 3 nitrogen and oxygen atoms in total. The monoisotopic (exact) mass is 232 g/mol. The van der Waals surface area contributed by atoms with Gasteiger partial charge in [-0.3, -0.25) is 4.79 Å². The van der Waals surface area contributed by atoms with Crippen LogP contribution in [0.1, 0.15) is 30.4 Å². The number of fused-ring (bicyclic) bond motifs is 1. The van der Waals surface area contributed by atoms with Crippen molar-refractivity contribution in [1.82, 2.24) is 0 Å². The fraction of sp³-hybridized carbons (Fsp3) is 0.500. The molecular weight excluding hydrogens is 212 g/mol. The van der Waals surface area contributed by atoms with E-state index in [-0.39, 0.29) is 5.91 Å². The first-order valence-corrected chi connectivity index (χ1v) is 6.31. The largest absolute Gasteiger partial charge is 0.330 e. The highest BCUT2D eigenvalue weighted by molar-refractivity contribution is 5.93. The molecule has 0 saturated carbocycles. The van der Waals surface area contributed by atoms with Gasteiger partial charge in [-0.25, -0.2) is 0 Å². The second-order valence-corrected chi connectivity index (χ2v) is 4.65. The van der Waals surface area contributed by atoms with Gasteiger partial charge in [-0.15, -0.1) is 0 Å². The quantitative estimate of drug-likeness (QED) is 0.865. The average molecular weight is 232 g/mol. The van der Waals surface area contributed by atoms with Crippen LogP contribution in [-0.4, -0.2) is 19.5 Å². The standard InChI is InChI=1S/C14H20N2O/c1-16(14(17)8-9-15)13-7-6-11-4-2-3-5-12(11)10-13/h6-7,10H,2-5,8-9,15H2,1H3. The highest BCUT2D eigenvalue weighted by Gasteiger charge is 2.14. The topological polar surface area (TPSA) is 46.3 Å². The van der Waals surface area contributed by atoms with Gasteiger partial charge in [0, 0.05) is 25.7 Å². The number of nitrogens with two attached hydrogens (primary N) is 1. The zero-order valence-corrected chi connectivity index (χ0v) is 10.4. The molecule has 0 radical (unpaired) electrons. The van der Waals surface area contributed by atoms with Gasteiger partial charge >= 0.3 is 0 Å². The number of carbonyl (C=O) groups is 1. The molecule has 1 amide bonds. The van der Waals surface area contributed by atoms with E-state index in [4.69, 9.17) is 5.73 Å². The number of rotatable bonds is 3. The molecule has 0 spiro atoms. The first-order chi connectivity index (χ1) is 8.22. The normalized spacial score (nSPS) is 14.2. The summed E-state index contributed by atoms with van der Waals surface area (Å²) in [7, 11) is 1.82. The minimum Gasteiger partial charge on any atom is -0.330 e. The Labute approximate surface area is 103 Å². The molecule has 1 aliphatic carbocycles. The molecule has 0 unspecified atom stereocenters.